The second-order valence-electron chi connectivity index (χ2n) is 10.3. The van der Waals surface area contributed by atoms with Crippen molar-refractivity contribution in [3.63, 3.8) is 0 Å². The van der Waals surface area contributed by atoms with Crippen LogP contribution in [-0.4, -0.2) is 17.1 Å². The van der Waals surface area contributed by atoms with Gasteiger partial charge in [-0.15, -0.1) is 0 Å². The number of rotatable bonds is 8. The first-order valence-electron chi connectivity index (χ1n) is 13.8. The molecule has 5 aromatic carbocycles. The highest BCUT2D eigenvalue weighted by molar-refractivity contribution is 5.95. The Morgan fingerprint density at radius 1 is 0.700 bits per heavy atom. The molecule has 0 aliphatic heterocycles. The zero-order valence-electron chi connectivity index (χ0n) is 22.3. The number of benzene rings is 5. The summed E-state index contributed by atoms with van der Waals surface area (Å²) in [6.07, 6.45) is -0.116. The molecule has 0 aromatic heterocycles. The van der Waals surface area contributed by atoms with E-state index in [1.165, 1.54) is 16.7 Å². The maximum atomic E-state index is 13.1. The lowest BCUT2D eigenvalue weighted by molar-refractivity contribution is 0.0858. The Bertz CT molecular complexity index is 1600. The SMILES string of the molecule is O=C(N[C@@H]1c2cc(CNCc3ccccc3-c3ccccc3)ccc2C[C@H]1O)c1ccc(-c2ccccc2)cc1. The Labute approximate surface area is 235 Å². The molecule has 1 aliphatic carbocycles. The normalized spacial score (nSPS) is 15.9. The predicted octanol–water partition coefficient (Wildman–Crippen LogP) is 6.70. The predicted molar refractivity (Wildman–Crippen MR) is 161 cm³/mol. The number of hydrogen-bond acceptors (Lipinski definition) is 3. The molecule has 198 valence electrons. The van der Waals surface area contributed by atoms with Gasteiger partial charge < -0.3 is 15.7 Å². The molecule has 0 fully saturated rings. The van der Waals surface area contributed by atoms with Gasteiger partial charge in [0.2, 0.25) is 0 Å². The van der Waals surface area contributed by atoms with Gasteiger partial charge >= 0.3 is 0 Å². The van der Waals surface area contributed by atoms with Crippen molar-refractivity contribution in [1.82, 2.24) is 10.6 Å². The van der Waals surface area contributed by atoms with E-state index in [0.29, 0.717) is 18.5 Å². The molecule has 0 saturated heterocycles. The molecule has 1 aliphatic rings. The van der Waals surface area contributed by atoms with Crippen molar-refractivity contribution in [2.24, 2.45) is 0 Å². The molecule has 0 bridgehead atoms. The van der Waals surface area contributed by atoms with Gasteiger partial charge in [-0.2, -0.15) is 0 Å². The standard InChI is InChI=1S/C36H32N2O2/c39-34-22-30-16-15-25(23-37-24-31-13-7-8-14-32(31)28-11-5-2-6-12-28)21-33(30)35(34)38-36(40)29-19-17-27(18-20-29)26-9-3-1-4-10-26/h1-21,34-35,37,39H,22-24H2,(H,38,40)/t34-,35-/m1/s1. The van der Waals surface area contributed by atoms with E-state index in [4.69, 9.17) is 0 Å². The van der Waals surface area contributed by atoms with E-state index in [1.54, 1.807) is 0 Å². The second-order valence-corrected chi connectivity index (χ2v) is 10.3. The number of aliphatic hydroxyl groups is 1. The molecule has 0 unspecified atom stereocenters. The average molecular weight is 525 g/mol. The van der Waals surface area contributed by atoms with Crippen LogP contribution < -0.4 is 10.6 Å². The van der Waals surface area contributed by atoms with E-state index in [-0.39, 0.29) is 5.91 Å². The first-order chi connectivity index (χ1) is 19.7. The summed E-state index contributed by atoms with van der Waals surface area (Å²) in [5.41, 5.74) is 9.62. The number of aliphatic hydroxyl groups excluding tert-OH is 1. The Morgan fingerprint density at radius 3 is 2.10 bits per heavy atom. The largest absolute Gasteiger partial charge is 0.390 e. The molecule has 0 spiro atoms. The Morgan fingerprint density at radius 2 is 1.35 bits per heavy atom. The van der Waals surface area contributed by atoms with Gasteiger partial charge in [0.15, 0.2) is 0 Å². The zero-order valence-corrected chi connectivity index (χ0v) is 22.3. The molecular weight excluding hydrogens is 492 g/mol. The Hall–Kier alpha value is -4.51. The highest BCUT2D eigenvalue weighted by atomic mass is 16.3. The lowest BCUT2D eigenvalue weighted by Crippen LogP contribution is -2.33. The number of fused-ring (bicyclic) bond motifs is 1. The van der Waals surface area contributed by atoms with Crippen molar-refractivity contribution in [2.75, 3.05) is 0 Å². The van der Waals surface area contributed by atoms with Crippen molar-refractivity contribution < 1.29 is 9.90 Å². The summed E-state index contributed by atoms with van der Waals surface area (Å²) < 4.78 is 0. The van der Waals surface area contributed by atoms with Crippen LogP contribution in [-0.2, 0) is 19.5 Å². The summed E-state index contributed by atoms with van der Waals surface area (Å²) in [7, 11) is 0. The van der Waals surface area contributed by atoms with Crippen molar-refractivity contribution in [2.45, 2.75) is 31.7 Å². The summed E-state index contributed by atoms with van der Waals surface area (Å²) >= 11 is 0. The summed E-state index contributed by atoms with van der Waals surface area (Å²) in [4.78, 5) is 13.1. The third kappa shape index (κ3) is 5.59. The maximum absolute atomic E-state index is 13.1. The van der Waals surface area contributed by atoms with Gasteiger partial charge in [-0.25, -0.2) is 0 Å². The van der Waals surface area contributed by atoms with Crippen LogP contribution in [0.15, 0.2) is 127 Å². The van der Waals surface area contributed by atoms with Crippen LogP contribution in [0.25, 0.3) is 22.3 Å². The molecule has 4 heteroatoms. The zero-order chi connectivity index (χ0) is 27.3. The maximum Gasteiger partial charge on any atom is 0.251 e. The molecule has 1 amide bonds. The fourth-order valence-corrected chi connectivity index (χ4v) is 5.54. The van der Waals surface area contributed by atoms with Crippen LogP contribution in [0.3, 0.4) is 0 Å². The molecule has 40 heavy (non-hydrogen) atoms. The van der Waals surface area contributed by atoms with Crippen LogP contribution >= 0.6 is 0 Å². The van der Waals surface area contributed by atoms with Gasteiger partial charge in [0, 0.05) is 25.1 Å². The number of carbonyl (C=O) groups excluding carboxylic acids is 1. The van der Waals surface area contributed by atoms with E-state index in [9.17, 15) is 9.90 Å². The van der Waals surface area contributed by atoms with Crippen molar-refractivity contribution in [1.29, 1.82) is 0 Å². The van der Waals surface area contributed by atoms with Gasteiger partial charge in [-0.1, -0.05) is 115 Å². The Kier molecular flexibility index (Phi) is 7.53. The van der Waals surface area contributed by atoms with E-state index >= 15 is 0 Å². The quantitative estimate of drug-likeness (QED) is 0.212. The van der Waals surface area contributed by atoms with Gasteiger partial charge in [-0.05, 0) is 56.6 Å². The molecular formula is C36H32N2O2. The van der Waals surface area contributed by atoms with Crippen molar-refractivity contribution in [3.8, 4) is 22.3 Å². The van der Waals surface area contributed by atoms with E-state index in [1.807, 2.05) is 48.5 Å². The van der Waals surface area contributed by atoms with Crippen LogP contribution in [0.2, 0.25) is 0 Å². The molecule has 4 nitrogen and oxygen atoms in total. The van der Waals surface area contributed by atoms with Crippen molar-refractivity contribution in [3.05, 3.63) is 155 Å². The number of hydrogen-bond donors (Lipinski definition) is 3. The molecule has 3 N–H and O–H groups in total. The van der Waals surface area contributed by atoms with Gasteiger partial charge in [0.25, 0.3) is 5.91 Å². The number of amides is 1. The molecule has 0 radical (unpaired) electrons. The topological polar surface area (TPSA) is 61.4 Å². The highest BCUT2D eigenvalue weighted by Crippen LogP contribution is 2.33. The lowest BCUT2D eigenvalue weighted by atomic mass is 9.99. The minimum absolute atomic E-state index is 0.183. The van der Waals surface area contributed by atoms with Gasteiger partial charge in [0.05, 0.1) is 12.1 Å². The third-order valence-corrected chi connectivity index (χ3v) is 7.65. The van der Waals surface area contributed by atoms with Crippen LogP contribution in [0.4, 0.5) is 0 Å². The average Bonchev–Trinajstić information content (AvgIpc) is 3.32. The fourth-order valence-electron chi connectivity index (χ4n) is 5.54. The number of nitrogens with one attached hydrogen (secondary N) is 2. The van der Waals surface area contributed by atoms with E-state index in [0.717, 1.165) is 34.4 Å². The number of carbonyl (C=O) groups is 1. The Balaban J connectivity index is 1.12. The lowest BCUT2D eigenvalue weighted by Gasteiger charge is -2.19. The third-order valence-electron chi connectivity index (χ3n) is 7.65. The summed E-state index contributed by atoms with van der Waals surface area (Å²) in [6, 6.07) is 42.5. The smallest absolute Gasteiger partial charge is 0.251 e. The first kappa shape index (κ1) is 25.8. The van der Waals surface area contributed by atoms with Crippen LogP contribution in [0.5, 0.6) is 0 Å². The molecule has 0 saturated carbocycles. The second kappa shape index (κ2) is 11.7. The minimum atomic E-state index is -0.650. The monoisotopic (exact) mass is 524 g/mol. The molecule has 2 atom stereocenters. The van der Waals surface area contributed by atoms with Gasteiger partial charge in [0.1, 0.15) is 0 Å². The van der Waals surface area contributed by atoms with Crippen LogP contribution in [0, 0.1) is 0 Å². The summed E-state index contributed by atoms with van der Waals surface area (Å²) in [6.45, 7) is 1.43. The van der Waals surface area contributed by atoms with E-state index < -0.39 is 12.1 Å². The summed E-state index contributed by atoms with van der Waals surface area (Å²) in [5.74, 6) is -0.183. The molecule has 5 aromatic rings. The fraction of sp³-hybridized carbons (Fsp3) is 0.139. The highest BCUT2D eigenvalue weighted by Gasteiger charge is 2.32. The van der Waals surface area contributed by atoms with Gasteiger partial charge in [-0.3, -0.25) is 4.79 Å². The van der Waals surface area contributed by atoms with E-state index in [2.05, 4.69) is 89.5 Å². The molecule has 6 rings (SSSR count). The van der Waals surface area contributed by atoms with Crippen LogP contribution in [0.1, 0.15) is 38.7 Å². The minimum Gasteiger partial charge on any atom is -0.390 e. The molecule has 0 heterocycles. The van der Waals surface area contributed by atoms with Crippen molar-refractivity contribution >= 4 is 5.91 Å². The summed E-state index contributed by atoms with van der Waals surface area (Å²) in [5, 5.41) is 17.5. The first-order valence-corrected chi connectivity index (χ1v) is 13.8.